The third kappa shape index (κ3) is 2.80. The van der Waals surface area contributed by atoms with E-state index >= 15 is 0 Å². The number of aryl methyl sites for hydroxylation is 1. The highest BCUT2D eigenvalue weighted by atomic mass is 19.1. The first-order chi connectivity index (χ1) is 8.70. The highest BCUT2D eigenvalue weighted by Crippen LogP contribution is 2.18. The SMILES string of the molecule is CCc1ccc(OCc2cccc(N)c2F)cc1. The van der Waals surface area contributed by atoms with Crippen molar-refractivity contribution in [3.8, 4) is 5.75 Å². The highest BCUT2D eigenvalue weighted by Gasteiger charge is 2.05. The molecule has 18 heavy (non-hydrogen) atoms. The van der Waals surface area contributed by atoms with E-state index in [2.05, 4.69) is 6.92 Å². The lowest BCUT2D eigenvalue weighted by Crippen LogP contribution is -2.01. The van der Waals surface area contributed by atoms with Crippen molar-refractivity contribution in [1.82, 2.24) is 0 Å². The van der Waals surface area contributed by atoms with E-state index in [1.165, 1.54) is 11.6 Å². The van der Waals surface area contributed by atoms with Crippen molar-refractivity contribution in [2.24, 2.45) is 0 Å². The Kier molecular flexibility index (Phi) is 3.82. The minimum atomic E-state index is -0.400. The fourth-order valence-electron chi connectivity index (χ4n) is 1.69. The van der Waals surface area contributed by atoms with Crippen LogP contribution in [0.3, 0.4) is 0 Å². The van der Waals surface area contributed by atoms with E-state index in [-0.39, 0.29) is 12.3 Å². The first-order valence-corrected chi connectivity index (χ1v) is 5.95. The van der Waals surface area contributed by atoms with Gasteiger partial charge in [-0.1, -0.05) is 31.2 Å². The van der Waals surface area contributed by atoms with Crippen LogP contribution in [0.4, 0.5) is 10.1 Å². The van der Waals surface area contributed by atoms with E-state index in [1.54, 1.807) is 12.1 Å². The van der Waals surface area contributed by atoms with Crippen LogP contribution in [0.15, 0.2) is 42.5 Å². The molecule has 0 amide bonds. The Morgan fingerprint density at radius 3 is 2.50 bits per heavy atom. The van der Waals surface area contributed by atoms with Gasteiger partial charge in [0.15, 0.2) is 5.82 Å². The lowest BCUT2D eigenvalue weighted by molar-refractivity contribution is 0.300. The molecule has 2 rings (SSSR count). The normalized spacial score (nSPS) is 10.3. The molecule has 2 aromatic carbocycles. The van der Waals surface area contributed by atoms with E-state index < -0.39 is 5.82 Å². The predicted molar refractivity (Wildman–Crippen MR) is 71.0 cm³/mol. The van der Waals surface area contributed by atoms with Gasteiger partial charge in [0.1, 0.15) is 12.4 Å². The second-order valence-electron chi connectivity index (χ2n) is 4.11. The Morgan fingerprint density at radius 2 is 1.83 bits per heavy atom. The molecule has 0 saturated heterocycles. The molecule has 0 radical (unpaired) electrons. The molecule has 0 aliphatic heterocycles. The van der Waals surface area contributed by atoms with Crippen LogP contribution < -0.4 is 10.5 Å². The van der Waals surface area contributed by atoms with Gasteiger partial charge in [-0.3, -0.25) is 0 Å². The summed E-state index contributed by atoms with van der Waals surface area (Å²) in [6.45, 7) is 2.28. The van der Waals surface area contributed by atoms with Crippen LogP contribution in [0.2, 0.25) is 0 Å². The number of rotatable bonds is 4. The number of benzene rings is 2. The Morgan fingerprint density at radius 1 is 1.11 bits per heavy atom. The highest BCUT2D eigenvalue weighted by molar-refractivity contribution is 5.42. The lowest BCUT2D eigenvalue weighted by atomic mass is 10.1. The molecular weight excluding hydrogens is 229 g/mol. The number of nitrogens with two attached hydrogens (primary N) is 1. The molecule has 94 valence electrons. The molecule has 2 aromatic rings. The molecular formula is C15H16FNO. The van der Waals surface area contributed by atoms with Gasteiger partial charge < -0.3 is 10.5 Å². The monoisotopic (exact) mass is 245 g/mol. The van der Waals surface area contributed by atoms with Crippen molar-refractivity contribution in [1.29, 1.82) is 0 Å². The van der Waals surface area contributed by atoms with Crippen LogP contribution in [-0.2, 0) is 13.0 Å². The first-order valence-electron chi connectivity index (χ1n) is 5.95. The van der Waals surface area contributed by atoms with Crippen molar-refractivity contribution in [3.05, 3.63) is 59.4 Å². The van der Waals surface area contributed by atoms with Gasteiger partial charge in [-0.25, -0.2) is 4.39 Å². The summed E-state index contributed by atoms with van der Waals surface area (Å²) in [4.78, 5) is 0. The first kappa shape index (κ1) is 12.4. The number of nitrogen functional groups attached to an aromatic ring is 1. The summed E-state index contributed by atoms with van der Waals surface area (Å²) in [6, 6.07) is 12.7. The Labute approximate surface area is 106 Å². The summed E-state index contributed by atoms with van der Waals surface area (Å²) in [7, 11) is 0. The maximum atomic E-state index is 13.6. The zero-order valence-corrected chi connectivity index (χ0v) is 10.3. The average Bonchev–Trinajstić information content (AvgIpc) is 2.41. The summed E-state index contributed by atoms with van der Waals surface area (Å²) in [5.41, 5.74) is 7.36. The summed E-state index contributed by atoms with van der Waals surface area (Å²) in [6.07, 6.45) is 0.990. The van der Waals surface area contributed by atoms with Crippen LogP contribution in [0, 0.1) is 5.82 Å². The van der Waals surface area contributed by atoms with Crippen molar-refractivity contribution < 1.29 is 9.13 Å². The molecule has 0 aromatic heterocycles. The quantitative estimate of drug-likeness (QED) is 0.836. The summed E-state index contributed by atoms with van der Waals surface area (Å²) in [5.74, 6) is 0.330. The van der Waals surface area contributed by atoms with Gasteiger partial charge in [-0.15, -0.1) is 0 Å². The molecule has 0 fully saturated rings. The fraction of sp³-hybridized carbons (Fsp3) is 0.200. The lowest BCUT2D eigenvalue weighted by Gasteiger charge is -2.08. The van der Waals surface area contributed by atoms with E-state index in [4.69, 9.17) is 10.5 Å². The molecule has 0 heterocycles. The van der Waals surface area contributed by atoms with Crippen molar-refractivity contribution in [2.45, 2.75) is 20.0 Å². The Balaban J connectivity index is 2.04. The summed E-state index contributed by atoms with van der Waals surface area (Å²) < 4.78 is 19.1. The number of ether oxygens (including phenoxy) is 1. The van der Waals surface area contributed by atoms with Gasteiger partial charge in [-0.05, 0) is 30.2 Å². The van der Waals surface area contributed by atoms with Crippen LogP contribution in [-0.4, -0.2) is 0 Å². The van der Waals surface area contributed by atoms with Gasteiger partial charge in [0.05, 0.1) is 5.69 Å². The van der Waals surface area contributed by atoms with E-state index in [1.807, 2.05) is 24.3 Å². The predicted octanol–water partition coefficient (Wildman–Crippen LogP) is 3.55. The van der Waals surface area contributed by atoms with Gasteiger partial charge in [0, 0.05) is 5.56 Å². The smallest absolute Gasteiger partial charge is 0.152 e. The molecule has 3 heteroatoms. The fourth-order valence-corrected chi connectivity index (χ4v) is 1.69. The summed E-state index contributed by atoms with van der Waals surface area (Å²) >= 11 is 0. The van der Waals surface area contributed by atoms with Crippen molar-refractivity contribution in [2.75, 3.05) is 5.73 Å². The Bertz CT molecular complexity index is 523. The molecule has 0 aliphatic rings. The van der Waals surface area contributed by atoms with Crippen LogP contribution in [0.5, 0.6) is 5.75 Å². The second kappa shape index (κ2) is 5.54. The largest absolute Gasteiger partial charge is 0.489 e. The van der Waals surface area contributed by atoms with Gasteiger partial charge in [0.2, 0.25) is 0 Å². The van der Waals surface area contributed by atoms with Gasteiger partial charge in [-0.2, -0.15) is 0 Å². The topological polar surface area (TPSA) is 35.2 Å². The number of hydrogen-bond donors (Lipinski definition) is 1. The van der Waals surface area contributed by atoms with Crippen LogP contribution >= 0.6 is 0 Å². The van der Waals surface area contributed by atoms with Gasteiger partial charge in [0.25, 0.3) is 0 Å². The molecule has 0 bridgehead atoms. The van der Waals surface area contributed by atoms with Crippen molar-refractivity contribution >= 4 is 5.69 Å². The molecule has 0 spiro atoms. The molecule has 0 aliphatic carbocycles. The summed E-state index contributed by atoms with van der Waals surface area (Å²) in [5, 5.41) is 0. The molecule has 0 saturated carbocycles. The average molecular weight is 245 g/mol. The Hall–Kier alpha value is -2.03. The minimum Gasteiger partial charge on any atom is -0.489 e. The minimum absolute atomic E-state index is 0.150. The molecule has 2 N–H and O–H groups in total. The van der Waals surface area contributed by atoms with Crippen LogP contribution in [0.25, 0.3) is 0 Å². The molecule has 0 atom stereocenters. The maximum absolute atomic E-state index is 13.6. The number of halogens is 1. The zero-order valence-electron chi connectivity index (χ0n) is 10.3. The maximum Gasteiger partial charge on any atom is 0.152 e. The van der Waals surface area contributed by atoms with E-state index in [0.717, 1.165) is 12.2 Å². The molecule has 0 unspecified atom stereocenters. The standard InChI is InChI=1S/C15H16FNO/c1-2-11-6-8-13(9-7-11)18-10-12-4-3-5-14(17)15(12)16/h3-9H,2,10,17H2,1H3. The van der Waals surface area contributed by atoms with E-state index in [0.29, 0.717) is 5.56 Å². The molecule has 2 nitrogen and oxygen atoms in total. The zero-order chi connectivity index (χ0) is 13.0. The van der Waals surface area contributed by atoms with Gasteiger partial charge >= 0.3 is 0 Å². The second-order valence-corrected chi connectivity index (χ2v) is 4.11. The van der Waals surface area contributed by atoms with Crippen LogP contribution in [0.1, 0.15) is 18.1 Å². The van der Waals surface area contributed by atoms with Crippen molar-refractivity contribution in [3.63, 3.8) is 0 Å². The number of hydrogen-bond acceptors (Lipinski definition) is 2. The van der Waals surface area contributed by atoms with E-state index in [9.17, 15) is 4.39 Å². The third-order valence-electron chi connectivity index (χ3n) is 2.83. The third-order valence-corrected chi connectivity index (χ3v) is 2.83. The number of anilines is 1.